The largest absolute Gasteiger partial charge is 0.391 e. The average molecular weight is 258 g/mol. The van der Waals surface area contributed by atoms with E-state index in [1.807, 2.05) is 30.6 Å². The summed E-state index contributed by atoms with van der Waals surface area (Å²) >= 11 is 1.57. The summed E-state index contributed by atoms with van der Waals surface area (Å²) in [5, 5.41) is 0.818. The first-order valence-corrected chi connectivity index (χ1v) is 6.77. The van der Waals surface area contributed by atoms with Crippen LogP contribution < -0.4 is 5.73 Å². The van der Waals surface area contributed by atoms with Crippen molar-refractivity contribution in [3.8, 4) is 10.7 Å². The summed E-state index contributed by atoms with van der Waals surface area (Å²) in [5.74, 6) is 0.988. The molecule has 92 valence electrons. The number of nitrogen functional groups attached to an aromatic ring is 1. The number of hydrogen-bond donors (Lipinski definition) is 1. The number of rotatable bonds is 3. The molecule has 3 aromatic heterocycles. The number of thiophene rings is 1. The minimum absolute atomic E-state index is 0.818. The highest BCUT2D eigenvalue weighted by Gasteiger charge is 2.13. The molecule has 3 rings (SSSR count). The molecule has 0 amide bonds. The molecule has 0 aliphatic rings. The summed E-state index contributed by atoms with van der Waals surface area (Å²) in [6.07, 6.45) is 4.69. The van der Waals surface area contributed by atoms with Crippen LogP contribution in [0.25, 0.3) is 21.7 Å². The Bertz CT molecular complexity index is 683. The SMILES string of the molecule is CCCn1c(-c2ccc(N)s2)nc2cnccc21. The zero-order valence-electron chi connectivity index (χ0n) is 10.1. The fourth-order valence-corrected chi connectivity index (χ4v) is 2.87. The maximum Gasteiger partial charge on any atom is 0.151 e. The molecule has 0 aliphatic heterocycles. The first-order valence-electron chi connectivity index (χ1n) is 5.95. The Morgan fingerprint density at radius 2 is 2.22 bits per heavy atom. The highest BCUT2D eigenvalue weighted by Crippen LogP contribution is 2.31. The lowest BCUT2D eigenvalue weighted by Gasteiger charge is -2.05. The second kappa shape index (κ2) is 4.42. The predicted octanol–water partition coefficient (Wildman–Crippen LogP) is 3.15. The van der Waals surface area contributed by atoms with Crippen molar-refractivity contribution in [2.45, 2.75) is 19.9 Å². The standard InChI is InChI=1S/C13H14N4S/c1-2-7-17-10-5-6-15-8-9(10)16-13(17)11-3-4-12(14)18-11/h3-6,8H,2,7,14H2,1H3. The Morgan fingerprint density at radius 1 is 1.33 bits per heavy atom. The normalized spacial score (nSPS) is 11.2. The third-order valence-corrected chi connectivity index (χ3v) is 3.76. The van der Waals surface area contributed by atoms with Crippen LogP contribution in [0.2, 0.25) is 0 Å². The van der Waals surface area contributed by atoms with Gasteiger partial charge in [-0.2, -0.15) is 0 Å². The summed E-state index contributed by atoms with van der Waals surface area (Å²) in [6, 6.07) is 5.97. The van der Waals surface area contributed by atoms with Crippen LogP contribution in [-0.2, 0) is 6.54 Å². The molecule has 0 saturated heterocycles. The minimum atomic E-state index is 0.818. The lowest BCUT2D eigenvalue weighted by Crippen LogP contribution is -1.98. The molecule has 4 nitrogen and oxygen atoms in total. The molecule has 0 bridgehead atoms. The fourth-order valence-electron chi connectivity index (χ4n) is 2.09. The smallest absolute Gasteiger partial charge is 0.151 e. The summed E-state index contributed by atoms with van der Waals surface area (Å²) in [4.78, 5) is 9.91. The van der Waals surface area contributed by atoms with Crippen molar-refractivity contribution in [3.63, 3.8) is 0 Å². The van der Waals surface area contributed by atoms with Crippen molar-refractivity contribution in [2.24, 2.45) is 0 Å². The van der Waals surface area contributed by atoms with Crippen LogP contribution in [0.4, 0.5) is 5.00 Å². The monoisotopic (exact) mass is 258 g/mol. The molecular formula is C13H14N4S. The number of pyridine rings is 1. The van der Waals surface area contributed by atoms with Crippen molar-refractivity contribution in [2.75, 3.05) is 5.73 Å². The van der Waals surface area contributed by atoms with Gasteiger partial charge in [-0.3, -0.25) is 4.98 Å². The second-order valence-corrected chi connectivity index (χ2v) is 5.27. The van der Waals surface area contributed by atoms with Gasteiger partial charge in [-0.05, 0) is 24.6 Å². The number of anilines is 1. The van der Waals surface area contributed by atoms with Crippen LogP contribution >= 0.6 is 11.3 Å². The van der Waals surface area contributed by atoms with Gasteiger partial charge in [0.15, 0.2) is 5.82 Å². The summed E-state index contributed by atoms with van der Waals surface area (Å²) in [5.41, 5.74) is 7.87. The van der Waals surface area contributed by atoms with Crippen LogP contribution in [0.15, 0.2) is 30.6 Å². The van der Waals surface area contributed by atoms with Gasteiger partial charge in [0.2, 0.25) is 0 Å². The highest BCUT2D eigenvalue weighted by molar-refractivity contribution is 7.19. The molecule has 2 N–H and O–H groups in total. The molecule has 3 aromatic rings. The van der Waals surface area contributed by atoms with E-state index in [0.29, 0.717) is 0 Å². The van der Waals surface area contributed by atoms with E-state index in [4.69, 9.17) is 5.73 Å². The molecule has 3 heterocycles. The predicted molar refractivity (Wildman–Crippen MR) is 75.5 cm³/mol. The molecule has 0 radical (unpaired) electrons. The number of nitrogens with zero attached hydrogens (tertiary/aromatic N) is 3. The van der Waals surface area contributed by atoms with Crippen LogP contribution in [0, 0.1) is 0 Å². The summed E-state index contributed by atoms with van der Waals surface area (Å²) in [7, 11) is 0. The minimum Gasteiger partial charge on any atom is -0.391 e. The Hall–Kier alpha value is -1.88. The van der Waals surface area contributed by atoms with Gasteiger partial charge >= 0.3 is 0 Å². The van der Waals surface area contributed by atoms with Gasteiger partial charge in [0.1, 0.15) is 5.52 Å². The van der Waals surface area contributed by atoms with Crippen molar-refractivity contribution in [3.05, 3.63) is 30.6 Å². The Morgan fingerprint density at radius 3 is 2.94 bits per heavy atom. The molecular weight excluding hydrogens is 244 g/mol. The van der Waals surface area contributed by atoms with Gasteiger partial charge < -0.3 is 10.3 Å². The maximum absolute atomic E-state index is 5.80. The maximum atomic E-state index is 5.80. The van der Waals surface area contributed by atoms with Crippen LogP contribution in [0.1, 0.15) is 13.3 Å². The van der Waals surface area contributed by atoms with E-state index in [-0.39, 0.29) is 0 Å². The molecule has 0 saturated carbocycles. The summed E-state index contributed by atoms with van der Waals surface area (Å²) < 4.78 is 2.24. The Labute approximate surface area is 109 Å². The molecule has 18 heavy (non-hydrogen) atoms. The molecule has 0 fully saturated rings. The van der Waals surface area contributed by atoms with Crippen molar-refractivity contribution in [1.82, 2.24) is 14.5 Å². The molecule has 0 unspecified atom stereocenters. The number of fused-ring (bicyclic) bond motifs is 1. The van der Waals surface area contributed by atoms with Crippen LogP contribution in [0.5, 0.6) is 0 Å². The Balaban J connectivity index is 2.24. The lowest BCUT2D eigenvalue weighted by atomic mass is 10.3. The third-order valence-electron chi connectivity index (χ3n) is 2.84. The number of nitrogens with two attached hydrogens (primary N) is 1. The van der Waals surface area contributed by atoms with Gasteiger partial charge in [0.05, 0.1) is 21.6 Å². The average Bonchev–Trinajstić information content (AvgIpc) is 2.95. The number of hydrogen-bond acceptors (Lipinski definition) is 4. The zero-order chi connectivity index (χ0) is 12.5. The van der Waals surface area contributed by atoms with E-state index in [1.54, 1.807) is 11.3 Å². The third kappa shape index (κ3) is 1.76. The van der Waals surface area contributed by atoms with E-state index in [1.165, 1.54) is 0 Å². The fraction of sp³-hybridized carbons (Fsp3) is 0.231. The topological polar surface area (TPSA) is 56.7 Å². The van der Waals surface area contributed by atoms with Crippen LogP contribution in [0.3, 0.4) is 0 Å². The van der Waals surface area contributed by atoms with Crippen molar-refractivity contribution >= 4 is 27.4 Å². The van der Waals surface area contributed by atoms with E-state index in [0.717, 1.165) is 39.7 Å². The molecule has 5 heteroatoms. The molecule has 0 aliphatic carbocycles. The molecule has 0 aromatic carbocycles. The highest BCUT2D eigenvalue weighted by atomic mass is 32.1. The van der Waals surface area contributed by atoms with Gasteiger partial charge in [0, 0.05) is 12.7 Å². The van der Waals surface area contributed by atoms with Gasteiger partial charge in [-0.15, -0.1) is 11.3 Å². The lowest BCUT2D eigenvalue weighted by molar-refractivity contribution is 0.705. The summed E-state index contributed by atoms with van der Waals surface area (Å²) in [6.45, 7) is 3.12. The Kier molecular flexibility index (Phi) is 2.76. The zero-order valence-corrected chi connectivity index (χ0v) is 10.9. The van der Waals surface area contributed by atoms with Crippen LogP contribution in [-0.4, -0.2) is 14.5 Å². The van der Waals surface area contributed by atoms with E-state index in [9.17, 15) is 0 Å². The molecule has 0 atom stereocenters. The number of aryl methyl sites for hydroxylation is 1. The van der Waals surface area contributed by atoms with E-state index in [2.05, 4.69) is 21.5 Å². The van der Waals surface area contributed by atoms with Gasteiger partial charge in [-0.25, -0.2) is 4.98 Å². The number of aromatic nitrogens is 3. The second-order valence-electron chi connectivity index (χ2n) is 4.15. The number of imidazole rings is 1. The van der Waals surface area contributed by atoms with Crippen molar-refractivity contribution in [1.29, 1.82) is 0 Å². The van der Waals surface area contributed by atoms with Gasteiger partial charge in [-0.1, -0.05) is 6.92 Å². The first kappa shape index (κ1) is 11.2. The quantitative estimate of drug-likeness (QED) is 0.785. The van der Waals surface area contributed by atoms with E-state index < -0.39 is 0 Å². The molecule has 0 spiro atoms. The van der Waals surface area contributed by atoms with Gasteiger partial charge in [0.25, 0.3) is 0 Å². The first-order chi connectivity index (χ1) is 8.79. The van der Waals surface area contributed by atoms with E-state index >= 15 is 0 Å². The van der Waals surface area contributed by atoms with Crippen molar-refractivity contribution < 1.29 is 0 Å².